The molecule has 1 aliphatic rings. The van der Waals surface area contributed by atoms with Gasteiger partial charge in [0.15, 0.2) is 5.13 Å². The summed E-state index contributed by atoms with van der Waals surface area (Å²) < 4.78 is 6.23. The van der Waals surface area contributed by atoms with Gasteiger partial charge in [0.25, 0.3) is 11.6 Å². The minimum Gasteiger partial charge on any atom is -0.379 e. The largest absolute Gasteiger partial charge is 0.379 e. The van der Waals surface area contributed by atoms with Crippen molar-refractivity contribution in [2.75, 3.05) is 44.3 Å². The van der Waals surface area contributed by atoms with Crippen LogP contribution in [-0.2, 0) is 4.74 Å². The van der Waals surface area contributed by atoms with Gasteiger partial charge in [0, 0.05) is 38.3 Å². The van der Waals surface area contributed by atoms with Crippen LogP contribution >= 0.6 is 46.9 Å². The molecule has 0 spiro atoms. The van der Waals surface area contributed by atoms with Crippen molar-refractivity contribution in [2.45, 2.75) is 6.42 Å². The molecule has 33 heavy (non-hydrogen) atoms. The molecule has 1 amide bonds. The highest BCUT2D eigenvalue weighted by Gasteiger charge is 2.25. The van der Waals surface area contributed by atoms with E-state index in [2.05, 4.69) is 9.88 Å². The van der Waals surface area contributed by atoms with E-state index in [0.29, 0.717) is 41.9 Å². The number of nitro groups is 1. The average molecular weight is 532 g/mol. The van der Waals surface area contributed by atoms with E-state index >= 15 is 0 Å². The summed E-state index contributed by atoms with van der Waals surface area (Å²) >= 11 is 13.9. The number of ether oxygens (including phenoxy) is 1. The van der Waals surface area contributed by atoms with Crippen molar-refractivity contribution in [2.24, 2.45) is 0 Å². The van der Waals surface area contributed by atoms with Crippen molar-refractivity contribution in [3.8, 4) is 0 Å². The molecule has 3 aromatic rings. The molecule has 4 rings (SSSR count). The summed E-state index contributed by atoms with van der Waals surface area (Å²) in [7, 11) is 0. The molecular weight excluding hydrogens is 511 g/mol. The molecule has 0 bridgehead atoms. The number of thiazole rings is 1. The first-order valence-electron chi connectivity index (χ1n) is 10.0. The number of non-ortho nitro benzene ring substituents is 1. The normalized spacial score (nSPS) is 14.1. The Balaban J connectivity index is 0.00000306. The molecular formula is C21H21Cl3N4O4S. The first-order chi connectivity index (χ1) is 15.4. The fourth-order valence-electron chi connectivity index (χ4n) is 3.52. The maximum Gasteiger partial charge on any atom is 0.270 e. The second-order valence-electron chi connectivity index (χ2n) is 7.27. The first-order valence-corrected chi connectivity index (χ1v) is 11.6. The third-order valence-corrected chi connectivity index (χ3v) is 6.86. The monoisotopic (exact) mass is 530 g/mol. The van der Waals surface area contributed by atoms with E-state index in [9.17, 15) is 14.9 Å². The molecule has 0 radical (unpaired) electrons. The third kappa shape index (κ3) is 5.92. The molecule has 0 unspecified atom stereocenters. The Morgan fingerprint density at radius 3 is 2.67 bits per heavy atom. The van der Waals surface area contributed by atoms with Crippen LogP contribution in [0, 0.1) is 10.1 Å². The summed E-state index contributed by atoms with van der Waals surface area (Å²) in [6.07, 6.45) is 0.696. The highest BCUT2D eigenvalue weighted by atomic mass is 35.5. The predicted octanol–water partition coefficient (Wildman–Crippen LogP) is 5.30. The zero-order valence-electron chi connectivity index (χ0n) is 17.4. The number of aromatic nitrogens is 1. The zero-order chi connectivity index (χ0) is 22.7. The smallest absolute Gasteiger partial charge is 0.270 e. The van der Waals surface area contributed by atoms with E-state index < -0.39 is 10.8 Å². The lowest BCUT2D eigenvalue weighted by molar-refractivity contribution is -0.384. The van der Waals surface area contributed by atoms with Crippen LogP contribution in [0.4, 0.5) is 10.8 Å². The maximum absolute atomic E-state index is 13.5. The number of amides is 1. The second-order valence-corrected chi connectivity index (χ2v) is 9.09. The van der Waals surface area contributed by atoms with Crippen molar-refractivity contribution >= 4 is 73.9 Å². The summed E-state index contributed by atoms with van der Waals surface area (Å²) in [5, 5.41) is 12.4. The van der Waals surface area contributed by atoms with Crippen LogP contribution < -0.4 is 4.90 Å². The Kier molecular flexibility index (Phi) is 8.86. The van der Waals surface area contributed by atoms with Gasteiger partial charge in [-0.1, -0.05) is 40.6 Å². The number of carbonyl (C=O) groups is 1. The van der Waals surface area contributed by atoms with Crippen LogP contribution in [-0.4, -0.2) is 60.1 Å². The standard InChI is InChI=1S/C21H20Cl2N4O4S.ClH/c22-16-6-5-14(27(29)30)13-15(16)20(28)26(8-2-7-25-9-11-31-12-10-25)21-24-19-17(23)3-1-4-18(19)32-21;/h1,3-6,13H,2,7-12H2;1H. The second kappa shape index (κ2) is 11.4. The first kappa shape index (κ1) is 25.6. The number of benzene rings is 2. The zero-order valence-corrected chi connectivity index (χ0v) is 20.6. The predicted molar refractivity (Wildman–Crippen MR) is 134 cm³/mol. The fraction of sp³-hybridized carbons (Fsp3) is 0.333. The summed E-state index contributed by atoms with van der Waals surface area (Å²) in [4.78, 5) is 32.6. The molecule has 1 fully saturated rings. The lowest BCUT2D eigenvalue weighted by Crippen LogP contribution is -2.39. The Morgan fingerprint density at radius 2 is 1.97 bits per heavy atom. The number of para-hydroxylation sites is 1. The Labute approximate surface area is 210 Å². The van der Waals surface area contributed by atoms with Gasteiger partial charge < -0.3 is 4.74 Å². The van der Waals surface area contributed by atoms with Gasteiger partial charge in [-0.3, -0.25) is 24.7 Å². The minimum absolute atomic E-state index is 0. The summed E-state index contributed by atoms with van der Waals surface area (Å²) in [6.45, 7) is 4.27. The quantitative estimate of drug-likeness (QED) is 0.303. The Morgan fingerprint density at radius 1 is 1.21 bits per heavy atom. The molecule has 1 aromatic heterocycles. The molecule has 2 heterocycles. The summed E-state index contributed by atoms with van der Waals surface area (Å²) in [6, 6.07) is 9.32. The van der Waals surface area contributed by atoms with E-state index in [1.807, 2.05) is 12.1 Å². The molecule has 8 nitrogen and oxygen atoms in total. The number of fused-ring (bicyclic) bond motifs is 1. The molecule has 0 saturated carbocycles. The molecule has 0 N–H and O–H groups in total. The average Bonchev–Trinajstić information content (AvgIpc) is 3.22. The van der Waals surface area contributed by atoms with E-state index in [1.54, 1.807) is 6.07 Å². The van der Waals surface area contributed by atoms with Crippen LogP contribution in [0.1, 0.15) is 16.8 Å². The molecule has 0 aliphatic carbocycles. The van der Waals surface area contributed by atoms with Gasteiger partial charge in [-0.25, -0.2) is 4.98 Å². The molecule has 0 atom stereocenters. The number of carbonyl (C=O) groups excluding carboxylic acids is 1. The Bertz CT molecular complexity index is 1150. The van der Waals surface area contributed by atoms with Crippen LogP contribution in [0.5, 0.6) is 0 Å². The number of anilines is 1. The van der Waals surface area contributed by atoms with Gasteiger partial charge in [-0.2, -0.15) is 0 Å². The SMILES string of the molecule is Cl.O=C(c1cc([N+](=O)[O-])ccc1Cl)N(CCCN1CCOCC1)c1nc2c(Cl)cccc2s1. The molecule has 2 aromatic carbocycles. The van der Waals surface area contributed by atoms with Gasteiger partial charge in [0.05, 0.1) is 38.4 Å². The number of rotatable bonds is 7. The highest BCUT2D eigenvalue weighted by Crippen LogP contribution is 2.34. The van der Waals surface area contributed by atoms with Gasteiger partial charge in [0.1, 0.15) is 5.52 Å². The van der Waals surface area contributed by atoms with E-state index in [0.717, 1.165) is 24.3 Å². The van der Waals surface area contributed by atoms with E-state index in [1.165, 1.54) is 34.4 Å². The van der Waals surface area contributed by atoms with Crippen LogP contribution in [0.25, 0.3) is 10.2 Å². The van der Waals surface area contributed by atoms with Crippen molar-refractivity contribution in [3.05, 3.63) is 62.1 Å². The minimum atomic E-state index is -0.548. The number of nitrogens with zero attached hydrogens (tertiary/aromatic N) is 4. The molecule has 176 valence electrons. The third-order valence-electron chi connectivity index (χ3n) is 5.19. The van der Waals surface area contributed by atoms with Gasteiger partial charge in [-0.05, 0) is 24.6 Å². The van der Waals surface area contributed by atoms with Crippen molar-refractivity contribution in [3.63, 3.8) is 0 Å². The van der Waals surface area contributed by atoms with Crippen molar-refractivity contribution in [1.29, 1.82) is 0 Å². The van der Waals surface area contributed by atoms with Crippen LogP contribution in [0.15, 0.2) is 36.4 Å². The highest BCUT2D eigenvalue weighted by molar-refractivity contribution is 7.22. The van der Waals surface area contributed by atoms with Gasteiger partial charge in [-0.15, -0.1) is 12.4 Å². The van der Waals surface area contributed by atoms with Gasteiger partial charge in [0.2, 0.25) is 0 Å². The fourth-order valence-corrected chi connectivity index (χ4v) is 5.00. The Hall–Kier alpha value is -2.01. The number of morpholine rings is 1. The number of hydrogen-bond donors (Lipinski definition) is 0. The molecule has 12 heteroatoms. The lowest BCUT2D eigenvalue weighted by Gasteiger charge is -2.27. The number of nitro benzene ring substituents is 1. The lowest BCUT2D eigenvalue weighted by atomic mass is 10.1. The van der Waals surface area contributed by atoms with Crippen LogP contribution in [0.3, 0.4) is 0 Å². The van der Waals surface area contributed by atoms with Gasteiger partial charge >= 0.3 is 0 Å². The van der Waals surface area contributed by atoms with Crippen molar-refractivity contribution < 1.29 is 14.5 Å². The maximum atomic E-state index is 13.5. The van der Waals surface area contributed by atoms with E-state index in [-0.39, 0.29) is 28.7 Å². The van der Waals surface area contributed by atoms with Crippen LogP contribution in [0.2, 0.25) is 10.0 Å². The number of hydrogen-bond acceptors (Lipinski definition) is 7. The van der Waals surface area contributed by atoms with E-state index in [4.69, 9.17) is 27.9 Å². The van der Waals surface area contributed by atoms with Crippen molar-refractivity contribution in [1.82, 2.24) is 9.88 Å². The summed E-state index contributed by atoms with van der Waals surface area (Å²) in [5.74, 6) is -0.434. The molecule has 1 saturated heterocycles. The molecule has 1 aliphatic heterocycles. The topological polar surface area (TPSA) is 88.8 Å². The number of halogens is 3. The summed E-state index contributed by atoms with van der Waals surface area (Å²) in [5.41, 5.74) is 0.487.